The molecule has 0 saturated carbocycles. The van der Waals surface area contributed by atoms with Crippen molar-refractivity contribution in [3.63, 3.8) is 0 Å². The minimum absolute atomic E-state index is 0.0162. The van der Waals surface area contributed by atoms with Crippen LogP contribution in [0, 0.1) is 0 Å². The molecule has 1 aliphatic rings. The van der Waals surface area contributed by atoms with E-state index in [1.807, 2.05) is 19.1 Å². The number of carbonyl (C=O) groups excluding carboxylic acids is 1. The zero-order valence-electron chi connectivity index (χ0n) is 13.7. The minimum atomic E-state index is -3.33. The fourth-order valence-electron chi connectivity index (χ4n) is 2.77. The van der Waals surface area contributed by atoms with Crippen LogP contribution in [-0.4, -0.2) is 26.7 Å². The van der Waals surface area contributed by atoms with Gasteiger partial charge in [-0.1, -0.05) is 25.1 Å². The van der Waals surface area contributed by atoms with Crippen LogP contribution in [0.15, 0.2) is 47.4 Å². The number of benzene rings is 2. The molecule has 0 aliphatic carbocycles. The number of hydrogen-bond donors (Lipinski definition) is 1. The Balaban J connectivity index is 1.90. The summed E-state index contributed by atoms with van der Waals surface area (Å²) in [6, 6.07) is 11.7. The summed E-state index contributed by atoms with van der Waals surface area (Å²) >= 11 is 0. The number of nitrogens with one attached hydrogen (secondary N) is 1. The van der Waals surface area contributed by atoms with E-state index in [1.54, 1.807) is 18.2 Å². The zero-order valence-corrected chi connectivity index (χ0v) is 14.6. The fourth-order valence-corrected chi connectivity index (χ4v) is 3.43. The van der Waals surface area contributed by atoms with E-state index in [9.17, 15) is 13.2 Å². The van der Waals surface area contributed by atoms with Gasteiger partial charge < -0.3 is 10.1 Å². The van der Waals surface area contributed by atoms with Gasteiger partial charge in [0.15, 0.2) is 9.84 Å². The van der Waals surface area contributed by atoms with Gasteiger partial charge in [0, 0.05) is 23.4 Å². The van der Waals surface area contributed by atoms with Crippen LogP contribution in [0.3, 0.4) is 0 Å². The minimum Gasteiger partial charge on any atom is -0.489 e. The highest BCUT2D eigenvalue weighted by atomic mass is 32.2. The molecular weight excluding hydrogens is 326 g/mol. The topological polar surface area (TPSA) is 72.5 Å². The summed E-state index contributed by atoms with van der Waals surface area (Å²) in [6.45, 7) is 4.04. The van der Waals surface area contributed by atoms with Crippen molar-refractivity contribution in [2.45, 2.75) is 30.8 Å². The number of rotatable bonds is 3. The molecule has 0 radical (unpaired) electrons. The van der Waals surface area contributed by atoms with Gasteiger partial charge in [-0.15, -0.1) is 0 Å². The molecule has 2 aromatic rings. The SMILES string of the molecule is C[C@@H]1c2cccc(C(=O)Nc3cccc(S(C)(=O)=O)c3)c2O[C@@H]1C. The van der Waals surface area contributed by atoms with Crippen LogP contribution in [0.4, 0.5) is 5.69 Å². The molecule has 0 fully saturated rings. The summed E-state index contributed by atoms with van der Waals surface area (Å²) < 4.78 is 29.1. The molecule has 0 spiro atoms. The molecule has 2 atom stereocenters. The first-order valence-electron chi connectivity index (χ1n) is 7.68. The Morgan fingerprint density at radius 1 is 1.12 bits per heavy atom. The molecule has 0 unspecified atom stereocenters. The Labute approximate surface area is 141 Å². The first kappa shape index (κ1) is 16.5. The molecule has 6 heteroatoms. The third-order valence-corrected chi connectivity index (χ3v) is 5.42. The lowest BCUT2D eigenvalue weighted by Gasteiger charge is -2.10. The third kappa shape index (κ3) is 3.01. The lowest BCUT2D eigenvalue weighted by atomic mass is 9.97. The van der Waals surface area contributed by atoms with Gasteiger partial charge in [0.05, 0.1) is 10.5 Å². The molecule has 24 heavy (non-hydrogen) atoms. The van der Waals surface area contributed by atoms with Crippen LogP contribution < -0.4 is 10.1 Å². The van der Waals surface area contributed by atoms with Gasteiger partial charge in [-0.25, -0.2) is 8.42 Å². The summed E-state index contributed by atoms with van der Waals surface area (Å²) in [5.41, 5.74) is 1.90. The second-order valence-corrected chi connectivity index (χ2v) is 8.11. The predicted octanol–water partition coefficient (Wildman–Crippen LogP) is 3.23. The Hall–Kier alpha value is -2.34. The number of anilines is 1. The van der Waals surface area contributed by atoms with Crippen molar-refractivity contribution in [3.8, 4) is 5.75 Å². The largest absolute Gasteiger partial charge is 0.489 e. The average Bonchev–Trinajstić information content (AvgIpc) is 2.82. The molecular formula is C18H19NO4S. The highest BCUT2D eigenvalue weighted by Gasteiger charge is 2.31. The summed E-state index contributed by atoms with van der Waals surface area (Å²) in [5.74, 6) is 0.509. The van der Waals surface area contributed by atoms with E-state index in [1.165, 1.54) is 12.1 Å². The van der Waals surface area contributed by atoms with Gasteiger partial charge in [0.2, 0.25) is 0 Å². The molecule has 3 rings (SSSR count). The molecule has 1 heterocycles. The second-order valence-electron chi connectivity index (χ2n) is 6.09. The van der Waals surface area contributed by atoms with Crippen molar-refractivity contribution in [1.29, 1.82) is 0 Å². The van der Waals surface area contributed by atoms with Gasteiger partial charge in [-0.3, -0.25) is 4.79 Å². The number of para-hydroxylation sites is 1. The molecule has 1 aliphatic heterocycles. The maximum absolute atomic E-state index is 12.6. The third-order valence-electron chi connectivity index (χ3n) is 4.31. The lowest BCUT2D eigenvalue weighted by molar-refractivity contribution is 0.102. The Morgan fingerprint density at radius 2 is 1.83 bits per heavy atom. The van der Waals surface area contributed by atoms with Gasteiger partial charge in [0.25, 0.3) is 5.91 Å². The van der Waals surface area contributed by atoms with Crippen LogP contribution >= 0.6 is 0 Å². The highest BCUT2D eigenvalue weighted by molar-refractivity contribution is 7.90. The van der Waals surface area contributed by atoms with Crippen molar-refractivity contribution in [3.05, 3.63) is 53.6 Å². The number of sulfone groups is 1. The van der Waals surface area contributed by atoms with E-state index >= 15 is 0 Å². The Morgan fingerprint density at radius 3 is 2.54 bits per heavy atom. The first-order chi connectivity index (χ1) is 11.3. The van der Waals surface area contributed by atoms with Crippen LogP contribution in [0.25, 0.3) is 0 Å². The standard InChI is InChI=1S/C18H19NO4S/c1-11-12(2)23-17-15(11)8-5-9-16(17)18(20)19-13-6-4-7-14(10-13)24(3,21)22/h4-12H,1-3H3,(H,19,20)/t11-,12+/m0/s1. The van der Waals surface area contributed by atoms with Gasteiger partial charge in [-0.2, -0.15) is 0 Å². The van der Waals surface area contributed by atoms with E-state index < -0.39 is 9.84 Å². The molecule has 0 bridgehead atoms. The second kappa shape index (κ2) is 5.94. The van der Waals surface area contributed by atoms with Crippen LogP contribution in [0.1, 0.15) is 35.7 Å². The monoisotopic (exact) mass is 345 g/mol. The van der Waals surface area contributed by atoms with Crippen LogP contribution in [0.2, 0.25) is 0 Å². The van der Waals surface area contributed by atoms with Crippen molar-refractivity contribution < 1.29 is 17.9 Å². The van der Waals surface area contributed by atoms with Crippen molar-refractivity contribution in [1.82, 2.24) is 0 Å². The highest BCUT2D eigenvalue weighted by Crippen LogP contribution is 2.40. The van der Waals surface area contributed by atoms with E-state index in [4.69, 9.17) is 4.74 Å². The summed E-state index contributed by atoms with van der Waals surface area (Å²) in [6.07, 6.45) is 1.15. The van der Waals surface area contributed by atoms with Crippen LogP contribution in [0.5, 0.6) is 5.75 Å². The number of carbonyl (C=O) groups is 1. The molecule has 0 aromatic heterocycles. The first-order valence-corrected chi connectivity index (χ1v) is 9.57. The normalized spacial score (nSPS) is 19.5. The molecule has 1 N–H and O–H groups in total. The molecule has 2 aromatic carbocycles. The molecule has 1 amide bonds. The maximum Gasteiger partial charge on any atom is 0.259 e. The smallest absolute Gasteiger partial charge is 0.259 e. The van der Waals surface area contributed by atoms with Crippen molar-refractivity contribution >= 4 is 21.4 Å². The number of ether oxygens (including phenoxy) is 1. The number of hydrogen-bond acceptors (Lipinski definition) is 4. The molecule has 5 nitrogen and oxygen atoms in total. The molecule has 126 valence electrons. The van der Waals surface area contributed by atoms with Crippen molar-refractivity contribution in [2.75, 3.05) is 11.6 Å². The summed E-state index contributed by atoms with van der Waals surface area (Å²) in [4.78, 5) is 12.8. The van der Waals surface area contributed by atoms with Gasteiger partial charge in [0.1, 0.15) is 11.9 Å². The molecule has 0 saturated heterocycles. The average molecular weight is 345 g/mol. The maximum atomic E-state index is 12.6. The lowest BCUT2D eigenvalue weighted by Crippen LogP contribution is -2.14. The quantitative estimate of drug-likeness (QED) is 0.927. The van der Waals surface area contributed by atoms with Crippen molar-refractivity contribution in [2.24, 2.45) is 0 Å². The number of fused-ring (bicyclic) bond motifs is 1. The predicted molar refractivity (Wildman–Crippen MR) is 92.5 cm³/mol. The van der Waals surface area contributed by atoms with Crippen LogP contribution in [-0.2, 0) is 9.84 Å². The Kier molecular flexibility index (Phi) is 4.09. The van der Waals surface area contributed by atoms with Gasteiger partial charge >= 0.3 is 0 Å². The van der Waals surface area contributed by atoms with Gasteiger partial charge in [-0.05, 0) is 31.2 Å². The van der Waals surface area contributed by atoms with E-state index in [2.05, 4.69) is 12.2 Å². The summed E-state index contributed by atoms with van der Waals surface area (Å²) in [7, 11) is -3.33. The zero-order chi connectivity index (χ0) is 17.5. The van der Waals surface area contributed by atoms with E-state index in [0.717, 1.165) is 11.8 Å². The van der Waals surface area contributed by atoms with E-state index in [-0.39, 0.29) is 22.8 Å². The number of amides is 1. The summed E-state index contributed by atoms with van der Waals surface area (Å²) in [5, 5.41) is 2.75. The Bertz CT molecular complexity index is 905. The fraction of sp³-hybridized carbons (Fsp3) is 0.278. The van der Waals surface area contributed by atoms with E-state index in [0.29, 0.717) is 17.0 Å².